The minimum Gasteiger partial charge on any atom is -0.365 e. The van der Waals surface area contributed by atoms with Gasteiger partial charge in [-0.2, -0.15) is 0 Å². The molecule has 2 aromatic rings. The van der Waals surface area contributed by atoms with E-state index < -0.39 is 5.79 Å². The van der Waals surface area contributed by atoms with Gasteiger partial charge in [0.15, 0.2) is 5.79 Å². The Morgan fingerprint density at radius 3 is 1.42 bits per heavy atom. The zero-order valence-electron chi connectivity index (χ0n) is 10.7. The molecule has 2 unspecified atom stereocenters. The molecular formula is C17H18O2. The highest BCUT2D eigenvalue weighted by Crippen LogP contribution is 2.49. The monoisotopic (exact) mass is 254 g/mol. The number of hydrogen-bond donors (Lipinski definition) is 2. The molecule has 1 aliphatic carbocycles. The van der Waals surface area contributed by atoms with Gasteiger partial charge in [-0.3, -0.25) is 0 Å². The highest BCUT2D eigenvalue weighted by molar-refractivity contribution is 5.30. The van der Waals surface area contributed by atoms with E-state index in [9.17, 15) is 10.2 Å². The van der Waals surface area contributed by atoms with Crippen LogP contribution in [0.15, 0.2) is 60.7 Å². The average Bonchev–Trinajstić information content (AvgIpc) is 2.76. The maximum Gasteiger partial charge on any atom is 0.176 e. The van der Waals surface area contributed by atoms with E-state index in [2.05, 4.69) is 0 Å². The van der Waals surface area contributed by atoms with Crippen molar-refractivity contribution in [1.82, 2.24) is 0 Å². The molecule has 1 saturated carbocycles. The summed E-state index contributed by atoms with van der Waals surface area (Å²) < 4.78 is 0. The van der Waals surface area contributed by atoms with Crippen molar-refractivity contribution in [3.8, 4) is 0 Å². The van der Waals surface area contributed by atoms with E-state index in [1.807, 2.05) is 60.7 Å². The van der Waals surface area contributed by atoms with Crippen molar-refractivity contribution >= 4 is 0 Å². The molecule has 0 spiro atoms. The second kappa shape index (κ2) is 4.80. The van der Waals surface area contributed by atoms with Gasteiger partial charge in [-0.1, -0.05) is 60.7 Å². The fraction of sp³-hybridized carbons (Fsp3) is 0.294. The van der Waals surface area contributed by atoms with Crippen LogP contribution < -0.4 is 0 Å². The normalized spacial score (nSPS) is 25.4. The van der Waals surface area contributed by atoms with Gasteiger partial charge in [0.25, 0.3) is 0 Å². The van der Waals surface area contributed by atoms with Crippen molar-refractivity contribution in [2.45, 2.75) is 30.5 Å². The summed E-state index contributed by atoms with van der Waals surface area (Å²) in [4.78, 5) is 0. The van der Waals surface area contributed by atoms with Crippen LogP contribution in [0.5, 0.6) is 0 Å². The number of aliphatic hydroxyl groups is 2. The molecule has 2 N–H and O–H groups in total. The maximum atomic E-state index is 10.6. The van der Waals surface area contributed by atoms with Gasteiger partial charge in [0.05, 0.1) is 0 Å². The molecule has 0 bridgehead atoms. The Kier molecular flexibility index (Phi) is 3.13. The Morgan fingerprint density at radius 1 is 0.684 bits per heavy atom. The summed E-state index contributed by atoms with van der Waals surface area (Å²) >= 11 is 0. The first-order valence-corrected chi connectivity index (χ1v) is 6.74. The van der Waals surface area contributed by atoms with Gasteiger partial charge in [-0.05, 0) is 24.0 Å². The molecule has 3 rings (SSSR count). The van der Waals surface area contributed by atoms with Crippen molar-refractivity contribution in [2.24, 2.45) is 0 Å². The summed E-state index contributed by atoms with van der Waals surface area (Å²) in [5.74, 6) is -2.08. The van der Waals surface area contributed by atoms with Crippen molar-refractivity contribution in [1.29, 1.82) is 0 Å². The Hall–Kier alpha value is -1.64. The van der Waals surface area contributed by atoms with Crippen molar-refractivity contribution in [3.05, 3.63) is 71.8 Å². The van der Waals surface area contributed by atoms with Crippen molar-refractivity contribution in [3.63, 3.8) is 0 Å². The summed E-state index contributed by atoms with van der Waals surface area (Å²) in [7, 11) is 0. The fourth-order valence-corrected chi connectivity index (χ4v) is 3.20. The fourth-order valence-electron chi connectivity index (χ4n) is 3.20. The SMILES string of the molecule is OC1(O)C(c2ccccc2)CCC1c1ccccc1. The van der Waals surface area contributed by atoms with Gasteiger partial charge in [0, 0.05) is 11.8 Å². The third kappa shape index (κ3) is 2.18. The molecule has 2 heteroatoms. The molecular weight excluding hydrogens is 236 g/mol. The third-order valence-electron chi connectivity index (χ3n) is 4.17. The van der Waals surface area contributed by atoms with E-state index in [0.29, 0.717) is 0 Å². The molecule has 0 aromatic heterocycles. The Balaban J connectivity index is 1.92. The highest BCUT2D eigenvalue weighted by atomic mass is 16.5. The Labute approximate surface area is 113 Å². The van der Waals surface area contributed by atoms with Gasteiger partial charge in [0.2, 0.25) is 0 Å². The Bertz CT molecular complexity index is 484. The van der Waals surface area contributed by atoms with E-state index in [1.165, 1.54) is 0 Å². The molecule has 2 nitrogen and oxygen atoms in total. The lowest BCUT2D eigenvalue weighted by atomic mass is 9.87. The lowest BCUT2D eigenvalue weighted by Crippen LogP contribution is -2.36. The minimum atomic E-state index is -1.66. The predicted molar refractivity (Wildman–Crippen MR) is 74.8 cm³/mol. The molecule has 0 saturated heterocycles. The standard InChI is InChI=1S/C17H18O2/c18-17(19)15(13-7-3-1-4-8-13)11-12-16(17)14-9-5-2-6-10-14/h1-10,15-16,18-19H,11-12H2. The van der Waals surface area contributed by atoms with Crippen LogP contribution in [0.2, 0.25) is 0 Å². The summed E-state index contributed by atoms with van der Waals surface area (Å²) in [6.07, 6.45) is 1.60. The maximum absolute atomic E-state index is 10.6. The minimum absolute atomic E-state index is 0.209. The van der Waals surface area contributed by atoms with Gasteiger partial charge in [-0.25, -0.2) is 0 Å². The van der Waals surface area contributed by atoms with Gasteiger partial charge in [-0.15, -0.1) is 0 Å². The molecule has 98 valence electrons. The van der Waals surface area contributed by atoms with Crippen LogP contribution in [0.25, 0.3) is 0 Å². The Morgan fingerprint density at radius 2 is 1.05 bits per heavy atom. The summed E-state index contributed by atoms with van der Waals surface area (Å²) in [6, 6.07) is 19.6. The first-order chi connectivity index (χ1) is 9.19. The van der Waals surface area contributed by atoms with Crippen molar-refractivity contribution < 1.29 is 10.2 Å². The second-order valence-corrected chi connectivity index (χ2v) is 5.29. The largest absolute Gasteiger partial charge is 0.365 e. The van der Waals surface area contributed by atoms with E-state index >= 15 is 0 Å². The molecule has 0 heterocycles. The van der Waals surface area contributed by atoms with Gasteiger partial charge >= 0.3 is 0 Å². The van der Waals surface area contributed by atoms with Crippen LogP contribution in [0, 0.1) is 0 Å². The molecule has 1 fully saturated rings. The zero-order valence-corrected chi connectivity index (χ0v) is 10.7. The topological polar surface area (TPSA) is 40.5 Å². The predicted octanol–water partition coefficient (Wildman–Crippen LogP) is 3.03. The summed E-state index contributed by atoms with van der Waals surface area (Å²) in [5, 5.41) is 21.2. The van der Waals surface area contributed by atoms with E-state index in [1.54, 1.807) is 0 Å². The second-order valence-electron chi connectivity index (χ2n) is 5.29. The van der Waals surface area contributed by atoms with E-state index in [0.717, 1.165) is 24.0 Å². The lowest BCUT2D eigenvalue weighted by molar-refractivity contribution is -0.177. The first kappa shape index (κ1) is 12.4. The first-order valence-electron chi connectivity index (χ1n) is 6.74. The quantitative estimate of drug-likeness (QED) is 0.809. The van der Waals surface area contributed by atoms with Crippen LogP contribution >= 0.6 is 0 Å². The zero-order chi connectivity index (χ0) is 13.3. The smallest absolute Gasteiger partial charge is 0.176 e. The third-order valence-corrected chi connectivity index (χ3v) is 4.17. The number of rotatable bonds is 2. The van der Waals surface area contributed by atoms with Crippen LogP contribution in [0.4, 0.5) is 0 Å². The lowest BCUT2D eigenvalue weighted by Gasteiger charge is -2.30. The number of hydrogen-bond acceptors (Lipinski definition) is 2. The molecule has 2 aromatic carbocycles. The van der Waals surface area contributed by atoms with E-state index in [-0.39, 0.29) is 11.8 Å². The molecule has 0 aliphatic heterocycles. The number of benzene rings is 2. The van der Waals surface area contributed by atoms with Crippen molar-refractivity contribution in [2.75, 3.05) is 0 Å². The summed E-state index contributed by atoms with van der Waals surface area (Å²) in [5.41, 5.74) is 2.01. The van der Waals surface area contributed by atoms with Gasteiger partial charge in [0.1, 0.15) is 0 Å². The summed E-state index contributed by atoms with van der Waals surface area (Å²) in [6.45, 7) is 0. The molecule has 19 heavy (non-hydrogen) atoms. The van der Waals surface area contributed by atoms with Gasteiger partial charge < -0.3 is 10.2 Å². The molecule has 0 radical (unpaired) electrons. The van der Waals surface area contributed by atoms with Crippen LogP contribution in [-0.2, 0) is 0 Å². The average molecular weight is 254 g/mol. The van der Waals surface area contributed by atoms with Crippen LogP contribution in [-0.4, -0.2) is 16.0 Å². The molecule has 2 atom stereocenters. The highest BCUT2D eigenvalue weighted by Gasteiger charge is 2.48. The van der Waals surface area contributed by atoms with E-state index in [4.69, 9.17) is 0 Å². The molecule has 1 aliphatic rings. The molecule has 0 amide bonds. The van der Waals surface area contributed by atoms with Crippen LogP contribution in [0.3, 0.4) is 0 Å². The van der Waals surface area contributed by atoms with Crippen LogP contribution in [0.1, 0.15) is 35.8 Å².